The minimum Gasteiger partial charge on any atom is -0.355 e. The van der Waals surface area contributed by atoms with Crippen LogP contribution in [0.4, 0.5) is 4.79 Å². The number of urea groups is 1. The standard InChI is InChI=1S/C16H21N5O3/c1-9-8-10(14(22)17-2)12-13(19-24-15(12)18-9)11-6-5-7-21(11)16(23)20(3)4/h8,11H,5-7H2,1-4H3,(H,17,22). The van der Waals surface area contributed by atoms with Gasteiger partial charge in [0.1, 0.15) is 5.69 Å². The predicted octanol–water partition coefficient (Wildman–Crippen LogP) is 1.71. The molecule has 0 bridgehead atoms. The maximum atomic E-state index is 12.4. The Morgan fingerprint density at radius 2 is 2.17 bits per heavy atom. The highest BCUT2D eigenvalue weighted by molar-refractivity contribution is 6.06. The molecule has 0 aromatic carbocycles. The average molecular weight is 331 g/mol. The van der Waals surface area contributed by atoms with Gasteiger partial charge in [-0.05, 0) is 25.8 Å². The molecule has 3 amide bonds. The van der Waals surface area contributed by atoms with E-state index in [1.165, 1.54) is 0 Å². The van der Waals surface area contributed by atoms with Crippen LogP contribution in [0, 0.1) is 6.92 Å². The molecule has 1 saturated heterocycles. The molecule has 3 rings (SSSR count). The second kappa shape index (κ2) is 6.10. The van der Waals surface area contributed by atoms with Crippen molar-refractivity contribution < 1.29 is 14.1 Å². The van der Waals surface area contributed by atoms with Crippen LogP contribution in [0.15, 0.2) is 10.6 Å². The predicted molar refractivity (Wildman–Crippen MR) is 87.7 cm³/mol. The lowest BCUT2D eigenvalue weighted by Gasteiger charge is -2.26. The van der Waals surface area contributed by atoms with E-state index in [1.807, 2.05) is 0 Å². The molecule has 1 unspecified atom stereocenters. The Hall–Kier alpha value is -2.64. The highest BCUT2D eigenvalue weighted by Gasteiger charge is 2.35. The number of likely N-dealkylation sites (tertiary alicyclic amines) is 1. The van der Waals surface area contributed by atoms with Crippen molar-refractivity contribution in [2.24, 2.45) is 0 Å². The van der Waals surface area contributed by atoms with Crippen LogP contribution in [-0.2, 0) is 0 Å². The second-order valence-corrected chi connectivity index (χ2v) is 6.17. The van der Waals surface area contributed by atoms with Crippen LogP contribution < -0.4 is 5.32 Å². The molecule has 3 heterocycles. The van der Waals surface area contributed by atoms with Crippen molar-refractivity contribution in [2.45, 2.75) is 25.8 Å². The number of fused-ring (bicyclic) bond motifs is 1. The highest BCUT2D eigenvalue weighted by atomic mass is 16.5. The first-order valence-corrected chi connectivity index (χ1v) is 7.91. The molecular formula is C16H21N5O3. The molecule has 0 radical (unpaired) electrons. The molecular weight excluding hydrogens is 310 g/mol. The fourth-order valence-corrected chi connectivity index (χ4v) is 3.17. The monoisotopic (exact) mass is 331 g/mol. The van der Waals surface area contributed by atoms with E-state index in [4.69, 9.17) is 4.52 Å². The van der Waals surface area contributed by atoms with Crippen molar-refractivity contribution in [2.75, 3.05) is 27.7 Å². The van der Waals surface area contributed by atoms with Gasteiger partial charge in [0.05, 0.1) is 17.0 Å². The van der Waals surface area contributed by atoms with E-state index in [-0.39, 0.29) is 18.0 Å². The average Bonchev–Trinajstić information content (AvgIpc) is 3.18. The number of carbonyl (C=O) groups is 2. The van der Waals surface area contributed by atoms with E-state index in [0.29, 0.717) is 34.6 Å². The van der Waals surface area contributed by atoms with Crippen molar-refractivity contribution in [3.05, 3.63) is 23.0 Å². The Morgan fingerprint density at radius 3 is 2.83 bits per heavy atom. The molecule has 1 atom stereocenters. The van der Waals surface area contributed by atoms with Gasteiger partial charge in [-0.1, -0.05) is 5.16 Å². The number of aromatic nitrogens is 2. The molecule has 0 saturated carbocycles. The zero-order valence-electron chi connectivity index (χ0n) is 14.3. The third-order valence-corrected chi connectivity index (χ3v) is 4.27. The highest BCUT2D eigenvalue weighted by Crippen LogP contribution is 2.36. The summed E-state index contributed by atoms with van der Waals surface area (Å²) in [6.07, 6.45) is 1.66. The molecule has 2 aromatic heterocycles. The third-order valence-electron chi connectivity index (χ3n) is 4.27. The minimum atomic E-state index is -0.224. The number of pyridine rings is 1. The summed E-state index contributed by atoms with van der Waals surface area (Å²) in [5.41, 5.74) is 2.08. The van der Waals surface area contributed by atoms with Crippen LogP contribution in [0.5, 0.6) is 0 Å². The largest absolute Gasteiger partial charge is 0.355 e. The van der Waals surface area contributed by atoms with Crippen molar-refractivity contribution in [1.29, 1.82) is 0 Å². The maximum absolute atomic E-state index is 12.4. The number of nitrogens with zero attached hydrogens (tertiary/aromatic N) is 4. The Bertz CT molecular complexity index is 798. The van der Waals surface area contributed by atoms with Crippen LogP contribution in [0.1, 0.15) is 40.6 Å². The summed E-state index contributed by atoms with van der Waals surface area (Å²) in [6, 6.07) is 1.43. The van der Waals surface area contributed by atoms with Gasteiger partial charge in [0.2, 0.25) is 0 Å². The lowest BCUT2D eigenvalue weighted by Crippen LogP contribution is -2.38. The van der Waals surface area contributed by atoms with Crippen molar-refractivity contribution in [3.8, 4) is 0 Å². The van der Waals surface area contributed by atoms with E-state index in [2.05, 4.69) is 15.5 Å². The lowest BCUT2D eigenvalue weighted by molar-refractivity contribution is 0.0964. The molecule has 0 spiro atoms. The van der Waals surface area contributed by atoms with Gasteiger partial charge in [-0.25, -0.2) is 9.78 Å². The maximum Gasteiger partial charge on any atom is 0.320 e. The van der Waals surface area contributed by atoms with Crippen molar-refractivity contribution >= 4 is 23.0 Å². The first kappa shape index (κ1) is 16.2. The van der Waals surface area contributed by atoms with Gasteiger partial charge in [0, 0.05) is 33.4 Å². The summed E-state index contributed by atoms with van der Waals surface area (Å²) < 4.78 is 5.37. The summed E-state index contributed by atoms with van der Waals surface area (Å²) in [5, 5.41) is 7.38. The summed E-state index contributed by atoms with van der Waals surface area (Å²) >= 11 is 0. The Kier molecular flexibility index (Phi) is 4.13. The fourth-order valence-electron chi connectivity index (χ4n) is 3.17. The van der Waals surface area contributed by atoms with E-state index in [0.717, 1.165) is 12.8 Å². The Morgan fingerprint density at radius 1 is 1.42 bits per heavy atom. The molecule has 2 aromatic rings. The molecule has 8 heteroatoms. The van der Waals surface area contributed by atoms with E-state index < -0.39 is 0 Å². The Balaban J connectivity index is 2.13. The van der Waals surface area contributed by atoms with Gasteiger partial charge < -0.3 is 19.6 Å². The van der Waals surface area contributed by atoms with Crippen LogP contribution in [0.25, 0.3) is 11.1 Å². The van der Waals surface area contributed by atoms with Gasteiger partial charge in [-0.15, -0.1) is 0 Å². The molecule has 0 aliphatic carbocycles. The number of amides is 3. The van der Waals surface area contributed by atoms with Crippen molar-refractivity contribution in [1.82, 2.24) is 25.3 Å². The SMILES string of the molecule is CNC(=O)c1cc(C)nc2onc(C3CCCN3C(=O)N(C)C)c12. The number of hydrogen-bond donors (Lipinski definition) is 1. The molecule has 24 heavy (non-hydrogen) atoms. The number of hydrogen-bond acceptors (Lipinski definition) is 5. The molecule has 128 valence electrons. The van der Waals surface area contributed by atoms with Gasteiger partial charge in [-0.3, -0.25) is 4.79 Å². The minimum absolute atomic E-state index is 0.0739. The van der Waals surface area contributed by atoms with Gasteiger partial charge >= 0.3 is 6.03 Å². The van der Waals surface area contributed by atoms with Gasteiger partial charge in [0.15, 0.2) is 0 Å². The summed E-state index contributed by atoms with van der Waals surface area (Å²) in [6.45, 7) is 2.45. The van der Waals surface area contributed by atoms with Crippen LogP contribution in [-0.4, -0.2) is 59.6 Å². The van der Waals surface area contributed by atoms with Crippen LogP contribution in [0.2, 0.25) is 0 Å². The number of aryl methyl sites for hydroxylation is 1. The number of rotatable bonds is 2. The molecule has 8 nitrogen and oxygen atoms in total. The number of carbonyl (C=O) groups excluding carboxylic acids is 2. The van der Waals surface area contributed by atoms with Crippen LogP contribution >= 0.6 is 0 Å². The van der Waals surface area contributed by atoms with Gasteiger partial charge in [0.25, 0.3) is 11.6 Å². The van der Waals surface area contributed by atoms with E-state index >= 15 is 0 Å². The first-order chi connectivity index (χ1) is 11.4. The van der Waals surface area contributed by atoms with Gasteiger partial charge in [-0.2, -0.15) is 0 Å². The lowest BCUT2D eigenvalue weighted by atomic mass is 10.0. The fraction of sp³-hybridized carbons (Fsp3) is 0.500. The topological polar surface area (TPSA) is 91.6 Å². The third kappa shape index (κ3) is 2.57. The normalized spacial score (nSPS) is 17.3. The zero-order chi connectivity index (χ0) is 17.4. The van der Waals surface area contributed by atoms with E-state index in [1.54, 1.807) is 43.9 Å². The van der Waals surface area contributed by atoms with Crippen LogP contribution in [0.3, 0.4) is 0 Å². The first-order valence-electron chi connectivity index (χ1n) is 7.91. The Labute approximate surface area is 139 Å². The molecule has 1 fully saturated rings. The summed E-state index contributed by atoms with van der Waals surface area (Å²) in [7, 11) is 5.02. The van der Waals surface area contributed by atoms with Crippen molar-refractivity contribution in [3.63, 3.8) is 0 Å². The zero-order valence-corrected chi connectivity index (χ0v) is 14.3. The van der Waals surface area contributed by atoms with E-state index in [9.17, 15) is 9.59 Å². The smallest absolute Gasteiger partial charge is 0.320 e. The second-order valence-electron chi connectivity index (χ2n) is 6.17. The summed E-state index contributed by atoms with van der Waals surface area (Å²) in [4.78, 5) is 32.3. The molecule has 1 aliphatic heterocycles. The quantitative estimate of drug-likeness (QED) is 0.904. The summed E-state index contributed by atoms with van der Waals surface area (Å²) in [5.74, 6) is -0.224. The molecule has 1 N–H and O–H groups in total. The number of nitrogens with one attached hydrogen (secondary N) is 1. The molecule has 1 aliphatic rings.